The molecule has 2 rings (SSSR count). The van der Waals surface area contributed by atoms with Crippen LogP contribution in [0.5, 0.6) is 0 Å². The number of rotatable bonds is 3. The summed E-state index contributed by atoms with van der Waals surface area (Å²) >= 11 is 0. The van der Waals surface area contributed by atoms with E-state index < -0.39 is 35.6 Å². The highest BCUT2D eigenvalue weighted by atomic mass is 19.4. The molecule has 7 heteroatoms. The van der Waals surface area contributed by atoms with E-state index in [0.29, 0.717) is 12.8 Å². The molecule has 1 aromatic carbocycles. The Morgan fingerprint density at radius 3 is 2.55 bits per heavy atom. The number of hydrogen-bond acceptors (Lipinski definition) is 2. The van der Waals surface area contributed by atoms with Gasteiger partial charge in [-0.25, -0.2) is 4.79 Å². The van der Waals surface area contributed by atoms with Gasteiger partial charge in [-0.1, -0.05) is 18.2 Å². The van der Waals surface area contributed by atoms with E-state index in [0.717, 1.165) is 6.07 Å². The summed E-state index contributed by atoms with van der Waals surface area (Å²) < 4.78 is 38.8. The molecule has 0 radical (unpaired) electrons. The number of halogens is 3. The Bertz CT molecular complexity index is 600. The summed E-state index contributed by atoms with van der Waals surface area (Å²) in [5, 5.41) is 9.27. The van der Waals surface area contributed by atoms with Gasteiger partial charge in [0.2, 0.25) is 5.91 Å². The van der Waals surface area contributed by atoms with Gasteiger partial charge in [0.25, 0.3) is 0 Å². The molecule has 1 fully saturated rings. The number of nitrogens with zero attached hydrogens (tertiary/aromatic N) is 1. The van der Waals surface area contributed by atoms with Crippen molar-refractivity contribution in [2.75, 3.05) is 6.54 Å². The number of aliphatic carboxylic acids is 1. The zero-order chi connectivity index (χ0) is 16.5. The van der Waals surface area contributed by atoms with Crippen LogP contribution in [0.3, 0.4) is 0 Å². The number of benzene rings is 1. The second kappa shape index (κ2) is 5.62. The predicted octanol–water partition coefficient (Wildman–Crippen LogP) is 2.71. The van der Waals surface area contributed by atoms with Crippen molar-refractivity contribution in [3.05, 3.63) is 35.4 Å². The van der Waals surface area contributed by atoms with Crippen LogP contribution in [0, 0.1) is 0 Å². The van der Waals surface area contributed by atoms with Crippen LogP contribution in [-0.2, 0) is 22.2 Å². The van der Waals surface area contributed by atoms with Gasteiger partial charge in [-0.3, -0.25) is 4.79 Å². The zero-order valence-electron chi connectivity index (χ0n) is 12.0. The number of carboxylic acids is 1. The molecule has 4 nitrogen and oxygen atoms in total. The fourth-order valence-corrected chi connectivity index (χ4v) is 2.79. The normalized spacial score (nSPS) is 21.9. The van der Waals surface area contributed by atoms with Crippen molar-refractivity contribution < 1.29 is 27.9 Å². The molecule has 1 aromatic rings. The first-order valence-corrected chi connectivity index (χ1v) is 6.85. The van der Waals surface area contributed by atoms with Crippen LogP contribution in [0.4, 0.5) is 13.2 Å². The third-order valence-electron chi connectivity index (χ3n) is 4.07. The fourth-order valence-electron chi connectivity index (χ4n) is 2.79. The molecular weight excluding hydrogens is 299 g/mol. The molecule has 0 aliphatic carbocycles. The van der Waals surface area contributed by atoms with Gasteiger partial charge >= 0.3 is 12.1 Å². The van der Waals surface area contributed by atoms with Crippen molar-refractivity contribution in [1.82, 2.24) is 4.90 Å². The van der Waals surface area contributed by atoms with E-state index in [9.17, 15) is 27.9 Å². The van der Waals surface area contributed by atoms with Gasteiger partial charge in [0.1, 0.15) is 5.54 Å². The van der Waals surface area contributed by atoms with Gasteiger partial charge < -0.3 is 10.0 Å². The van der Waals surface area contributed by atoms with Gasteiger partial charge in [-0.2, -0.15) is 13.2 Å². The maximum Gasteiger partial charge on any atom is 0.416 e. The molecule has 0 bridgehead atoms. The van der Waals surface area contributed by atoms with Crippen LogP contribution in [-0.4, -0.2) is 34.0 Å². The number of alkyl halides is 3. The largest absolute Gasteiger partial charge is 0.480 e. The zero-order valence-corrected chi connectivity index (χ0v) is 12.0. The molecule has 1 heterocycles. The molecule has 1 aliphatic rings. The van der Waals surface area contributed by atoms with Gasteiger partial charge in [0.05, 0.1) is 12.0 Å². The maximum absolute atomic E-state index is 12.9. The minimum Gasteiger partial charge on any atom is -0.480 e. The average Bonchev–Trinajstić information content (AvgIpc) is 2.81. The van der Waals surface area contributed by atoms with Crippen molar-refractivity contribution in [2.45, 2.75) is 37.9 Å². The lowest BCUT2D eigenvalue weighted by Gasteiger charge is -2.31. The average molecular weight is 315 g/mol. The molecule has 0 aromatic heterocycles. The Kier molecular flexibility index (Phi) is 4.17. The van der Waals surface area contributed by atoms with Gasteiger partial charge in [-0.05, 0) is 31.4 Å². The van der Waals surface area contributed by atoms with Crippen LogP contribution in [0.15, 0.2) is 24.3 Å². The maximum atomic E-state index is 12.9. The van der Waals surface area contributed by atoms with E-state index in [2.05, 4.69) is 0 Å². The quantitative estimate of drug-likeness (QED) is 0.933. The third kappa shape index (κ3) is 2.93. The lowest BCUT2D eigenvalue weighted by atomic mass is 9.97. The van der Waals surface area contributed by atoms with Crippen LogP contribution in [0.2, 0.25) is 0 Å². The molecule has 1 amide bonds. The summed E-state index contributed by atoms with van der Waals surface area (Å²) in [5.74, 6) is -1.73. The van der Waals surface area contributed by atoms with E-state index in [1.165, 1.54) is 30.0 Å². The van der Waals surface area contributed by atoms with Gasteiger partial charge in [0, 0.05) is 6.54 Å². The lowest BCUT2D eigenvalue weighted by Crippen LogP contribution is -2.51. The minimum atomic E-state index is -4.54. The highest BCUT2D eigenvalue weighted by molar-refractivity contribution is 5.88. The monoisotopic (exact) mass is 315 g/mol. The fraction of sp³-hybridized carbons (Fsp3) is 0.467. The molecule has 22 heavy (non-hydrogen) atoms. The Morgan fingerprint density at radius 1 is 1.32 bits per heavy atom. The van der Waals surface area contributed by atoms with Crippen LogP contribution >= 0.6 is 0 Å². The van der Waals surface area contributed by atoms with E-state index in [1.54, 1.807) is 0 Å². The molecule has 1 atom stereocenters. The van der Waals surface area contributed by atoms with Gasteiger partial charge in [0.15, 0.2) is 0 Å². The number of hydrogen-bond donors (Lipinski definition) is 1. The Balaban J connectivity index is 2.25. The van der Waals surface area contributed by atoms with Crippen LogP contribution < -0.4 is 0 Å². The first-order valence-electron chi connectivity index (χ1n) is 6.85. The molecule has 1 aliphatic heterocycles. The van der Waals surface area contributed by atoms with E-state index >= 15 is 0 Å². The molecule has 0 saturated carbocycles. The first kappa shape index (κ1) is 16.3. The van der Waals surface area contributed by atoms with Crippen molar-refractivity contribution in [2.24, 2.45) is 0 Å². The topological polar surface area (TPSA) is 57.6 Å². The van der Waals surface area contributed by atoms with E-state index in [-0.39, 0.29) is 12.1 Å². The highest BCUT2D eigenvalue weighted by Crippen LogP contribution is 2.34. The number of carbonyl (C=O) groups excluding carboxylic acids is 1. The Hall–Kier alpha value is -2.05. The second-order valence-electron chi connectivity index (χ2n) is 5.56. The summed E-state index contributed by atoms with van der Waals surface area (Å²) in [7, 11) is 0. The Morgan fingerprint density at radius 2 is 1.95 bits per heavy atom. The van der Waals surface area contributed by atoms with Crippen molar-refractivity contribution in [3.63, 3.8) is 0 Å². The van der Waals surface area contributed by atoms with Crippen LogP contribution in [0.1, 0.15) is 30.9 Å². The predicted molar refractivity (Wildman–Crippen MR) is 72.1 cm³/mol. The van der Waals surface area contributed by atoms with Gasteiger partial charge in [-0.15, -0.1) is 0 Å². The number of carboxylic acid groups (broad SMARTS) is 1. The minimum absolute atomic E-state index is 0.139. The van der Waals surface area contributed by atoms with E-state index in [1.807, 2.05) is 0 Å². The van der Waals surface area contributed by atoms with Crippen molar-refractivity contribution in [1.29, 1.82) is 0 Å². The first-order chi connectivity index (χ1) is 10.2. The summed E-state index contributed by atoms with van der Waals surface area (Å²) in [6.45, 7) is 1.67. The smallest absolute Gasteiger partial charge is 0.416 e. The summed E-state index contributed by atoms with van der Waals surface area (Å²) in [6.07, 6.45) is -4.18. The molecular formula is C15H16F3NO3. The molecule has 1 N–H and O–H groups in total. The Labute approximate surface area is 125 Å². The van der Waals surface area contributed by atoms with Crippen molar-refractivity contribution in [3.8, 4) is 0 Å². The summed E-state index contributed by atoms with van der Waals surface area (Å²) in [4.78, 5) is 24.8. The highest BCUT2D eigenvalue weighted by Gasteiger charge is 2.46. The molecule has 1 unspecified atom stereocenters. The van der Waals surface area contributed by atoms with E-state index in [4.69, 9.17) is 0 Å². The summed E-state index contributed by atoms with van der Waals surface area (Å²) in [5.41, 5.74) is -2.34. The number of carbonyl (C=O) groups is 2. The lowest BCUT2D eigenvalue weighted by molar-refractivity contribution is -0.155. The van der Waals surface area contributed by atoms with Crippen LogP contribution in [0.25, 0.3) is 0 Å². The SMILES string of the molecule is CC1(C(=O)O)CCCN1C(=O)Cc1ccccc1C(F)(F)F. The van der Waals surface area contributed by atoms with Crippen molar-refractivity contribution >= 4 is 11.9 Å². The second-order valence-corrected chi connectivity index (χ2v) is 5.56. The number of likely N-dealkylation sites (tertiary alicyclic amines) is 1. The molecule has 0 spiro atoms. The molecule has 1 saturated heterocycles. The standard InChI is InChI=1S/C15H16F3NO3/c1-14(13(21)22)7-4-8-19(14)12(20)9-10-5-2-3-6-11(10)15(16,17)18/h2-3,5-6H,4,7-9H2,1H3,(H,21,22). The summed E-state index contributed by atoms with van der Waals surface area (Å²) in [6, 6.07) is 4.85. The number of amides is 1. The third-order valence-corrected chi connectivity index (χ3v) is 4.07. The molecule has 120 valence electrons.